The zero-order chi connectivity index (χ0) is 9.68. The Morgan fingerprint density at radius 1 is 1.57 bits per heavy atom. The summed E-state index contributed by atoms with van der Waals surface area (Å²) in [6.07, 6.45) is 2.19. The van der Waals surface area contributed by atoms with Gasteiger partial charge in [0.2, 0.25) is 0 Å². The van der Waals surface area contributed by atoms with Crippen molar-refractivity contribution in [3.8, 4) is 0 Å². The van der Waals surface area contributed by atoms with Crippen LogP contribution in [0.2, 0.25) is 0 Å². The summed E-state index contributed by atoms with van der Waals surface area (Å²) in [5, 5.41) is 12.1. The van der Waals surface area contributed by atoms with Crippen LogP contribution in [0.3, 0.4) is 0 Å². The Morgan fingerprint density at radius 3 is 2.57 bits per heavy atom. The third-order valence-corrected chi connectivity index (χ3v) is 2.27. The van der Waals surface area contributed by atoms with Gasteiger partial charge in [0.05, 0.1) is 0 Å². The molecule has 1 rings (SSSR count). The third-order valence-electron chi connectivity index (χ3n) is 2.27. The molecule has 5 heteroatoms. The molecule has 82 valence electrons. The van der Waals surface area contributed by atoms with E-state index < -0.39 is 5.97 Å². The van der Waals surface area contributed by atoms with Crippen LogP contribution in [0.1, 0.15) is 6.42 Å². The molecule has 0 aliphatic carbocycles. The Kier molecular flexibility index (Phi) is 6.53. The van der Waals surface area contributed by atoms with Crippen molar-refractivity contribution >= 4 is 18.4 Å². The molecule has 0 radical (unpaired) electrons. The number of hydrogen-bond acceptors (Lipinski definition) is 3. The topological polar surface area (TPSA) is 52.6 Å². The summed E-state index contributed by atoms with van der Waals surface area (Å²) in [6, 6.07) is -0.389. The smallest absolute Gasteiger partial charge is 0.321 e. The molecule has 0 aromatic rings. The highest BCUT2D eigenvalue weighted by atomic mass is 35.5. The highest BCUT2D eigenvalue weighted by Gasteiger charge is 2.24. The maximum Gasteiger partial charge on any atom is 0.321 e. The molecule has 4 nitrogen and oxygen atoms in total. The first-order valence-electron chi connectivity index (χ1n) is 4.54. The van der Waals surface area contributed by atoms with Crippen molar-refractivity contribution in [3.05, 3.63) is 12.7 Å². The molecule has 1 heterocycles. The van der Waals surface area contributed by atoms with Crippen LogP contribution >= 0.6 is 12.4 Å². The fourth-order valence-electron chi connectivity index (χ4n) is 1.56. The Labute approximate surface area is 90.4 Å². The second kappa shape index (κ2) is 6.81. The Morgan fingerprint density at radius 2 is 2.14 bits per heavy atom. The quantitative estimate of drug-likeness (QED) is 0.672. The molecule has 0 aromatic carbocycles. The molecule has 1 atom stereocenters. The van der Waals surface area contributed by atoms with E-state index in [0.29, 0.717) is 6.42 Å². The molecule has 0 bridgehead atoms. The number of piperazine rings is 1. The molecule has 14 heavy (non-hydrogen) atoms. The van der Waals surface area contributed by atoms with E-state index in [2.05, 4.69) is 11.9 Å². The van der Waals surface area contributed by atoms with Crippen molar-refractivity contribution in [3.63, 3.8) is 0 Å². The van der Waals surface area contributed by atoms with Crippen LogP contribution in [0.5, 0.6) is 0 Å². The number of aliphatic carboxylic acids is 1. The summed E-state index contributed by atoms with van der Waals surface area (Å²) >= 11 is 0. The predicted octanol–water partition coefficient (Wildman–Crippen LogP) is 0.343. The fourth-order valence-corrected chi connectivity index (χ4v) is 1.56. The lowest BCUT2D eigenvalue weighted by molar-refractivity contribution is -0.143. The second-order valence-electron chi connectivity index (χ2n) is 3.16. The van der Waals surface area contributed by atoms with Crippen molar-refractivity contribution < 1.29 is 9.90 Å². The molecule has 0 spiro atoms. The molecule has 2 N–H and O–H groups in total. The standard InChI is InChI=1S/C9H16N2O2.ClH/c1-2-3-8(9(12)13)11-6-4-10-5-7-11;/h2,8,10H,1,3-7H2,(H,12,13);1H. The van der Waals surface area contributed by atoms with Gasteiger partial charge in [0.1, 0.15) is 6.04 Å². The fraction of sp³-hybridized carbons (Fsp3) is 0.667. The maximum atomic E-state index is 10.9. The van der Waals surface area contributed by atoms with Gasteiger partial charge in [-0.3, -0.25) is 9.69 Å². The van der Waals surface area contributed by atoms with Crippen molar-refractivity contribution in [1.29, 1.82) is 0 Å². The molecule has 0 saturated carbocycles. The first kappa shape index (κ1) is 13.4. The lowest BCUT2D eigenvalue weighted by atomic mass is 10.1. The zero-order valence-electron chi connectivity index (χ0n) is 8.11. The monoisotopic (exact) mass is 220 g/mol. The average molecular weight is 221 g/mol. The summed E-state index contributed by atoms with van der Waals surface area (Å²) in [5.74, 6) is -0.748. The summed E-state index contributed by atoms with van der Waals surface area (Å²) in [6.45, 7) is 6.94. The summed E-state index contributed by atoms with van der Waals surface area (Å²) in [7, 11) is 0. The minimum atomic E-state index is -0.748. The number of nitrogens with one attached hydrogen (secondary N) is 1. The Bertz CT molecular complexity index is 193. The van der Waals surface area contributed by atoms with Gasteiger partial charge in [-0.05, 0) is 6.42 Å². The summed E-state index contributed by atoms with van der Waals surface area (Å²) in [4.78, 5) is 12.9. The van der Waals surface area contributed by atoms with E-state index in [1.807, 2.05) is 4.90 Å². The van der Waals surface area contributed by atoms with Gasteiger partial charge in [0, 0.05) is 26.2 Å². The van der Waals surface area contributed by atoms with Crippen LogP contribution in [-0.2, 0) is 4.79 Å². The van der Waals surface area contributed by atoms with Crippen LogP contribution < -0.4 is 5.32 Å². The van der Waals surface area contributed by atoms with Crippen LogP contribution in [0.4, 0.5) is 0 Å². The van der Waals surface area contributed by atoms with Gasteiger partial charge in [-0.15, -0.1) is 19.0 Å². The molecule has 1 unspecified atom stereocenters. The molecule has 0 amide bonds. The second-order valence-corrected chi connectivity index (χ2v) is 3.16. The van der Waals surface area contributed by atoms with Gasteiger partial charge in [-0.1, -0.05) is 6.08 Å². The highest BCUT2D eigenvalue weighted by Crippen LogP contribution is 2.06. The maximum absolute atomic E-state index is 10.9. The van der Waals surface area contributed by atoms with Gasteiger partial charge in [-0.2, -0.15) is 0 Å². The van der Waals surface area contributed by atoms with Crippen LogP contribution in [0.25, 0.3) is 0 Å². The minimum Gasteiger partial charge on any atom is -0.480 e. The van der Waals surface area contributed by atoms with E-state index in [-0.39, 0.29) is 18.4 Å². The molecule has 1 fully saturated rings. The van der Waals surface area contributed by atoms with E-state index in [1.54, 1.807) is 6.08 Å². The lowest BCUT2D eigenvalue weighted by Gasteiger charge is -2.31. The molecule has 1 aliphatic heterocycles. The van der Waals surface area contributed by atoms with Gasteiger partial charge in [0.15, 0.2) is 0 Å². The van der Waals surface area contributed by atoms with E-state index in [1.165, 1.54) is 0 Å². The van der Waals surface area contributed by atoms with E-state index in [0.717, 1.165) is 26.2 Å². The Balaban J connectivity index is 0.00000169. The molecule has 1 aliphatic rings. The minimum absolute atomic E-state index is 0. The number of hydrogen-bond donors (Lipinski definition) is 2. The highest BCUT2D eigenvalue weighted by molar-refractivity contribution is 5.85. The Hall–Kier alpha value is -0.580. The number of halogens is 1. The summed E-state index contributed by atoms with van der Waals surface area (Å²) in [5.41, 5.74) is 0. The lowest BCUT2D eigenvalue weighted by Crippen LogP contribution is -2.51. The van der Waals surface area contributed by atoms with Crippen LogP contribution in [-0.4, -0.2) is 48.2 Å². The normalized spacial score (nSPS) is 19.4. The van der Waals surface area contributed by atoms with E-state index >= 15 is 0 Å². The number of nitrogens with zero attached hydrogens (tertiary/aromatic N) is 1. The summed E-state index contributed by atoms with van der Waals surface area (Å²) < 4.78 is 0. The third kappa shape index (κ3) is 3.65. The van der Waals surface area contributed by atoms with E-state index in [4.69, 9.17) is 5.11 Å². The molecular weight excluding hydrogens is 204 g/mol. The van der Waals surface area contributed by atoms with Gasteiger partial charge in [0.25, 0.3) is 0 Å². The van der Waals surface area contributed by atoms with Crippen molar-refractivity contribution in [1.82, 2.24) is 10.2 Å². The number of carboxylic acid groups (broad SMARTS) is 1. The number of carbonyl (C=O) groups is 1. The van der Waals surface area contributed by atoms with E-state index in [9.17, 15) is 4.79 Å². The largest absolute Gasteiger partial charge is 0.480 e. The van der Waals surface area contributed by atoms with Gasteiger partial charge >= 0.3 is 5.97 Å². The number of carboxylic acids is 1. The molecular formula is C9H17ClN2O2. The van der Waals surface area contributed by atoms with Crippen LogP contribution in [0, 0.1) is 0 Å². The van der Waals surface area contributed by atoms with Crippen molar-refractivity contribution in [2.45, 2.75) is 12.5 Å². The average Bonchev–Trinajstić information content (AvgIpc) is 2.15. The number of rotatable bonds is 4. The van der Waals surface area contributed by atoms with Crippen LogP contribution in [0.15, 0.2) is 12.7 Å². The van der Waals surface area contributed by atoms with Gasteiger partial charge < -0.3 is 10.4 Å². The van der Waals surface area contributed by atoms with Crippen molar-refractivity contribution in [2.75, 3.05) is 26.2 Å². The zero-order valence-corrected chi connectivity index (χ0v) is 8.92. The molecule has 1 saturated heterocycles. The first-order valence-corrected chi connectivity index (χ1v) is 4.54. The SMILES string of the molecule is C=CCC(C(=O)O)N1CCNCC1.Cl. The van der Waals surface area contributed by atoms with Crippen molar-refractivity contribution in [2.24, 2.45) is 0 Å². The van der Waals surface area contributed by atoms with Gasteiger partial charge in [-0.25, -0.2) is 0 Å². The molecule has 0 aromatic heterocycles. The first-order chi connectivity index (χ1) is 6.25. The predicted molar refractivity (Wildman–Crippen MR) is 57.9 cm³/mol.